The van der Waals surface area contributed by atoms with Crippen molar-refractivity contribution in [1.29, 1.82) is 0 Å². The third-order valence-electron chi connectivity index (χ3n) is 3.49. The van der Waals surface area contributed by atoms with Crippen LogP contribution in [-0.2, 0) is 4.79 Å². The Morgan fingerprint density at radius 1 is 1.17 bits per heavy atom. The highest BCUT2D eigenvalue weighted by Crippen LogP contribution is 2.09. The van der Waals surface area contributed by atoms with Crippen LogP contribution in [0.25, 0.3) is 0 Å². The number of β-amino-alcohol motifs (C(OH)–C–C–N with tert-alkyl or cyclic N) is 1. The molecule has 0 aromatic rings. The number of rotatable bonds is 9. The van der Waals surface area contributed by atoms with E-state index < -0.39 is 6.10 Å². The van der Waals surface area contributed by atoms with Crippen LogP contribution in [0.1, 0.15) is 68.2 Å². The first-order valence-electron chi connectivity index (χ1n) is 8.87. The lowest BCUT2D eigenvalue weighted by Gasteiger charge is -2.25. The van der Waals surface area contributed by atoms with Gasteiger partial charge in [-0.3, -0.25) is 4.79 Å². The molecule has 0 fully saturated rings. The number of nitrogens with one attached hydrogen (secondary N) is 2. The van der Waals surface area contributed by atoms with Crippen molar-refractivity contribution in [3.05, 3.63) is 23.4 Å². The molecule has 1 atom stereocenters. The van der Waals surface area contributed by atoms with Crippen molar-refractivity contribution in [2.45, 2.75) is 79.9 Å². The van der Waals surface area contributed by atoms with Gasteiger partial charge in [0.15, 0.2) is 0 Å². The highest BCUT2D eigenvalue weighted by atomic mass is 16.3. The molecule has 0 radical (unpaired) electrons. The molecule has 1 unspecified atom stereocenters. The molecule has 0 aliphatic rings. The minimum Gasteiger partial charge on any atom is -0.394 e. The van der Waals surface area contributed by atoms with Gasteiger partial charge in [0.25, 0.3) is 0 Å². The minimum absolute atomic E-state index is 0.0517. The standard InChI is InChI=1S/C9H15NO.C8H19NO2.C2H6/c1-4-8(5-2)9(6-3)10-7-11;1-4-8(2,3)9-5-7(11)6-10;1-2/h4,6-7H,5H2,1-3H3,(H,10,11);7,9-11H,4-6H2,1-3H3;1-2H3/b8-4-,9-6+;;. The third-order valence-corrected chi connectivity index (χ3v) is 3.49. The van der Waals surface area contributed by atoms with Gasteiger partial charge in [-0.2, -0.15) is 0 Å². The fourth-order valence-electron chi connectivity index (χ4n) is 1.56. The summed E-state index contributed by atoms with van der Waals surface area (Å²) >= 11 is 0. The largest absolute Gasteiger partial charge is 0.394 e. The SMILES string of the molecule is C/C=C(CC)\C(=C/C)NC=O.CC.CCC(C)(C)NCC(O)CO. The van der Waals surface area contributed by atoms with E-state index in [-0.39, 0.29) is 12.1 Å². The van der Waals surface area contributed by atoms with Crippen LogP contribution in [0.15, 0.2) is 23.4 Å². The lowest BCUT2D eigenvalue weighted by atomic mass is 10.0. The molecule has 0 aromatic heterocycles. The van der Waals surface area contributed by atoms with E-state index in [1.54, 1.807) is 0 Å². The van der Waals surface area contributed by atoms with Crippen LogP contribution in [0.2, 0.25) is 0 Å². The Balaban J connectivity index is -0.000000333. The van der Waals surface area contributed by atoms with Crippen molar-refractivity contribution in [1.82, 2.24) is 10.6 Å². The van der Waals surface area contributed by atoms with Crippen LogP contribution < -0.4 is 10.6 Å². The molecular weight excluding hydrogens is 304 g/mol. The molecule has 0 aromatic carbocycles. The first kappa shape index (κ1) is 27.7. The molecule has 0 rings (SSSR count). The van der Waals surface area contributed by atoms with Crippen molar-refractivity contribution in [3.8, 4) is 0 Å². The number of amides is 1. The molecule has 0 aliphatic heterocycles. The average molecular weight is 345 g/mol. The monoisotopic (exact) mass is 344 g/mol. The molecule has 0 spiro atoms. The number of aliphatic hydroxyl groups is 2. The van der Waals surface area contributed by atoms with Crippen LogP contribution >= 0.6 is 0 Å². The van der Waals surface area contributed by atoms with Gasteiger partial charge in [0.2, 0.25) is 6.41 Å². The summed E-state index contributed by atoms with van der Waals surface area (Å²) in [4.78, 5) is 10.1. The molecule has 0 saturated heterocycles. The van der Waals surface area contributed by atoms with E-state index in [4.69, 9.17) is 10.2 Å². The molecule has 0 bridgehead atoms. The predicted octanol–water partition coefficient (Wildman–Crippen LogP) is 3.14. The van der Waals surface area contributed by atoms with E-state index in [0.29, 0.717) is 13.0 Å². The van der Waals surface area contributed by atoms with Gasteiger partial charge in [-0.05, 0) is 46.1 Å². The number of aliphatic hydroxyl groups excluding tert-OH is 2. The van der Waals surface area contributed by atoms with Crippen LogP contribution in [0.3, 0.4) is 0 Å². The second-order valence-corrected chi connectivity index (χ2v) is 5.59. The summed E-state index contributed by atoms with van der Waals surface area (Å²) in [7, 11) is 0. The van der Waals surface area contributed by atoms with Gasteiger partial charge in [0.05, 0.1) is 12.7 Å². The quantitative estimate of drug-likeness (QED) is 0.383. The second kappa shape index (κ2) is 18.2. The van der Waals surface area contributed by atoms with Crippen molar-refractivity contribution < 1.29 is 15.0 Å². The lowest BCUT2D eigenvalue weighted by molar-refractivity contribution is -0.108. The van der Waals surface area contributed by atoms with Gasteiger partial charge in [0.1, 0.15) is 0 Å². The van der Waals surface area contributed by atoms with Gasteiger partial charge in [0, 0.05) is 17.8 Å². The topological polar surface area (TPSA) is 81.6 Å². The maximum Gasteiger partial charge on any atom is 0.211 e. The zero-order valence-electron chi connectivity index (χ0n) is 16.9. The Labute approximate surface area is 149 Å². The van der Waals surface area contributed by atoms with E-state index in [2.05, 4.69) is 38.3 Å². The van der Waals surface area contributed by atoms with E-state index in [9.17, 15) is 4.79 Å². The Bertz CT molecular complexity index is 351. The van der Waals surface area contributed by atoms with Crippen LogP contribution in [-0.4, -0.2) is 41.4 Å². The molecule has 1 amide bonds. The van der Waals surface area contributed by atoms with Crippen molar-refractivity contribution in [2.75, 3.05) is 13.2 Å². The first-order chi connectivity index (χ1) is 11.3. The van der Waals surface area contributed by atoms with Gasteiger partial charge in [-0.1, -0.05) is 39.8 Å². The summed E-state index contributed by atoms with van der Waals surface area (Å²) in [5.41, 5.74) is 2.13. The van der Waals surface area contributed by atoms with Crippen molar-refractivity contribution in [2.24, 2.45) is 0 Å². The Morgan fingerprint density at radius 2 is 1.71 bits per heavy atom. The molecule has 5 nitrogen and oxygen atoms in total. The highest BCUT2D eigenvalue weighted by molar-refractivity contribution is 5.53. The van der Waals surface area contributed by atoms with E-state index in [0.717, 1.165) is 18.5 Å². The fourth-order valence-corrected chi connectivity index (χ4v) is 1.56. The molecule has 5 heteroatoms. The molecule has 0 saturated carbocycles. The molecule has 0 aliphatic carbocycles. The molecular formula is C19H40N2O3. The summed E-state index contributed by atoms with van der Waals surface area (Å²) < 4.78 is 0. The summed E-state index contributed by atoms with van der Waals surface area (Å²) in [6, 6.07) is 0. The maximum absolute atomic E-state index is 10.1. The Kier molecular flexibility index (Phi) is 20.9. The lowest BCUT2D eigenvalue weighted by Crippen LogP contribution is -2.43. The minimum atomic E-state index is -0.638. The van der Waals surface area contributed by atoms with Gasteiger partial charge in [-0.15, -0.1) is 0 Å². The zero-order chi connectivity index (χ0) is 19.6. The molecule has 144 valence electrons. The van der Waals surface area contributed by atoms with E-state index >= 15 is 0 Å². The number of allylic oxidation sites excluding steroid dienone is 3. The number of carbonyl (C=O) groups excluding carboxylic acids is 1. The number of carbonyl (C=O) groups is 1. The van der Waals surface area contributed by atoms with Gasteiger partial charge < -0.3 is 20.8 Å². The second-order valence-electron chi connectivity index (χ2n) is 5.59. The number of hydrogen-bond acceptors (Lipinski definition) is 4. The van der Waals surface area contributed by atoms with Gasteiger partial charge >= 0.3 is 0 Å². The predicted molar refractivity (Wildman–Crippen MR) is 104 cm³/mol. The van der Waals surface area contributed by atoms with E-state index in [1.165, 1.54) is 5.57 Å². The summed E-state index contributed by atoms with van der Waals surface area (Å²) in [6.07, 6.45) is 5.91. The first-order valence-corrected chi connectivity index (χ1v) is 8.87. The fraction of sp³-hybridized carbons (Fsp3) is 0.737. The Morgan fingerprint density at radius 3 is 2.00 bits per heavy atom. The molecule has 24 heavy (non-hydrogen) atoms. The zero-order valence-corrected chi connectivity index (χ0v) is 16.9. The summed E-state index contributed by atoms with van der Waals surface area (Å²) in [6.45, 7) is 16.4. The average Bonchev–Trinajstić information content (AvgIpc) is 2.62. The van der Waals surface area contributed by atoms with Gasteiger partial charge in [-0.25, -0.2) is 0 Å². The van der Waals surface area contributed by atoms with Crippen LogP contribution in [0.4, 0.5) is 0 Å². The van der Waals surface area contributed by atoms with Crippen molar-refractivity contribution in [3.63, 3.8) is 0 Å². The normalized spacial score (nSPS) is 13.1. The highest BCUT2D eigenvalue weighted by Gasteiger charge is 2.14. The number of hydrogen-bond donors (Lipinski definition) is 4. The van der Waals surface area contributed by atoms with Crippen LogP contribution in [0.5, 0.6) is 0 Å². The smallest absolute Gasteiger partial charge is 0.211 e. The van der Waals surface area contributed by atoms with E-state index in [1.807, 2.05) is 39.8 Å². The third kappa shape index (κ3) is 15.7. The molecule has 0 heterocycles. The van der Waals surface area contributed by atoms with Crippen LogP contribution in [0, 0.1) is 0 Å². The summed E-state index contributed by atoms with van der Waals surface area (Å²) in [5, 5.41) is 23.3. The Hall–Kier alpha value is -1.17. The summed E-state index contributed by atoms with van der Waals surface area (Å²) in [5.74, 6) is 0. The van der Waals surface area contributed by atoms with Crippen molar-refractivity contribution >= 4 is 6.41 Å². The molecule has 4 N–H and O–H groups in total. The maximum atomic E-state index is 10.1.